The average molecular weight is 827 g/mol. The van der Waals surface area contributed by atoms with E-state index >= 15 is 0 Å². The van der Waals surface area contributed by atoms with Crippen molar-refractivity contribution in [3.05, 3.63) is 48.6 Å². The summed E-state index contributed by atoms with van der Waals surface area (Å²) in [5.74, 6) is -0.631. The lowest BCUT2D eigenvalue weighted by molar-refractivity contribution is -0.161. The van der Waals surface area contributed by atoms with Crippen molar-refractivity contribution >= 4 is 11.9 Å². The second-order valence-corrected chi connectivity index (χ2v) is 17.2. The largest absolute Gasteiger partial charge is 0.462 e. The minimum Gasteiger partial charge on any atom is -0.462 e. The predicted molar refractivity (Wildman–Crippen MR) is 256 cm³/mol. The summed E-state index contributed by atoms with van der Waals surface area (Å²) in [6.45, 7) is 4.02. The molecule has 5 nitrogen and oxygen atoms in total. The Labute approximate surface area is 367 Å². The van der Waals surface area contributed by atoms with Crippen molar-refractivity contribution < 1.29 is 24.2 Å². The molecule has 1 atom stereocenters. The quantitative estimate of drug-likeness (QED) is 0.0376. The number of carbonyl (C=O) groups is 2. The second kappa shape index (κ2) is 50.2. The van der Waals surface area contributed by atoms with E-state index in [1.54, 1.807) is 0 Å². The number of unbranched alkanes of at least 4 members (excludes halogenated alkanes) is 31. The summed E-state index contributed by atoms with van der Waals surface area (Å²) in [6.07, 6.45) is 65.2. The predicted octanol–water partition coefficient (Wildman–Crippen LogP) is 16.9. The van der Waals surface area contributed by atoms with E-state index in [0.717, 1.165) is 64.2 Å². The van der Waals surface area contributed by atoms with Crippen LogP contribution >= 0.6 is 0 Å². The number of ether oxygens (including phenoxy) is 2. The van der Waals surface area contributed by atoms with Gasteiger partial charge in [-0.05, 0) is 51.4 Å². The molecule has 0 bridgehead atoms. The highest BCUT2D eigenvalue weighted by molar-refractivity contribution is 5.70. The maximum absolute atomic E-state index is 12.2. The fraction of sp³-hybridized carbons (Fsp3) is 0.815. The first kappa shape index (κ1) is 56.9. The zero-order chi connectivity index (χ0) is 42.8. The molecule has 0 aromatic heterocycles. The van der Waals surface area contributed by atoms with E-state index < -0.39 is 6.10 Å². The van der Waals surface area contributed by atoms with Crippen molar-refractivity contribution in [2.75, 3.05) is 13.2 Å². The van der Waals surface area contributed by atoms with Crippen LogP contribution in [0.1, 0.15) is 264 Å². The topological polar surface area (TPSA) is 72.8 Å². The van der Waals surface area contributed by atoms with E-state index in [9.17, 15) is 14.7 Å². The average Bonchev–Trinajstić information content (AvgIpc) is 3.24. The van der Waals surface area contributed by atoms with Crippen molar-refractivity contribution in [1.29, 1.82) is 0 Å². The van der Waals surface area contributed by atoms with Gasteiger partial charge in [0.25, 0.3) is 0 Å². The van der Waals surface area contributed by atoms with Gasteiger partial charge < -0.3 is 14.6 Å². The lowest BCUT2D eigenvalue weighted by Crippen LogP contribution is -2.28. The second-order valence-electron chi connectivity index (χ2n) is 17.2. The standard InChI is InChI=1S/C54H98O5/c1-3-5-7-9-11-13-15-17-19-20-21-22-23-24-25-26-27-28-29-30-31-32-33-35-36-38-40-42-44-46-48-53(56)58-51-52(50-55)59-54(57)49-47-45-43-41-39-37-34-18-16-14-12-10-8-6-4-2/h6,8,12,14,18,34,39,41,52,55H,3-5,7,9-11,13,15-17,19-33,35-38,40,42-51H2,1-2H3/b8-6-,14-12-,34-18-,41-39-. The summed E-state index contributed by atoms with van der Waals surface area (Å²) in [4.78, 5) is 24.4. The molecule has 59 heavy (non-hydrogen) atoms. The third kappa shape index (κ3) is 48.4. The first-order chi connectivity index (χ1) is 29.1. The molecule has 1 unspecified atom stereocenters. The van der Waals surface area contributed by atoms with Crippen LogP contribution in [0.3, 0.4) is 0 Å². The van der Waals surface area contributed by atoms with Crippen molar-refractivity contribution in [2.45, 2.75) is 270 Å². The minimum atomic E-state index is -0.792. The molecule has 344 valence electrons. The van der Waals surface area contributed by atoms with Gasteiger partial charge in [-0.1, -0.05) is 249 Å². The molecule has 0 aliphatic heterocycles. The molecular formula is C54H98O5. The van der Waals surface area contributed by atoms with Crippen LogP contribution < -0.4 is 0 Å². The lowest BCUT2D eigenvalue weighted by Gasteiger charge is -2.15. The summed E-state index contributed by atoms with van der Waals surface area (Å²) < 4.78 is 10.6. The van der Waals surface area contributed by atoms with Crippen LogP contribution in [0.2, 0.25) is 0 Å². The zero-order valence-corrected chi connectivity index (χ0v) is 39.3. The van der Waals surface area contributed by atoms with Crippen LogP contribution in [-0.2, 0) is 19.1 Å². The fourth-order valence-electron chi connectivity index (χ4n) is 7.55. The minimum absolute atomic E-state index is 0.0807. The third-order valence-electron chi connectivity index (χ3n) is 11.4. The lowest BCUT2D eigenvalue weighted by atomic mass is 10.0. The van der Waals surface area contributed by atoms with Gasteiger partial charge in [-0.25, -0.2) is 0 Å². The molecule has 0 saturated heterocycles. The Morgan fingerprint density at radius 1 is 0.407 bits per heavy atom. The maximum atomic E-state index is 12.2. The Bertz CT molecular complexity index is 981. The number of allylic oxidation sites excluding steroid dienone is 8. The molecule has 0 aromatic rings. The number of aliphatic hydroxyl groups excluding tert-OH is 1. The van der Waals surface area contributed by atoms with Crippen LogP contribution in [0.4, 0.5) is 0 Å². The summed E-state index contributed by atoms with van der Waals surface area (Å²) in [6, 6.07) is 0. The van der Waals surface area contributed by atoms with E-state index in [1.807, 2.05) is 0 Å². The molecule has 0 rings (SSSR count). The molecule has 1 N–H and O–H groups in total. The van der Waals surface area contributed by atoms with E-state index in [1.165, 1.54) is 173 Å². The summed E-state index contributed by atoms with van der Waals surface area (Å²) in [5, 5.41) is 9.59. The van der Waals surface area contributed by atoms with E-state index in [2.05, 4.69) is 62.5 Å². The fourth-order valence-corrected chi connectivity index (χ4v) is 7.55. The van der Waals surface area contributed by atoms with Gasteiger partial charge in [0.15, 0.2) is 6.10 Å². The number of aliphatic hydroxyl groups is 1. The normalized spacial score (nSPS) is 12.5. The Balaban J connectivity index is 3.44. The van der Waals surface area contributed by atoms with E-state index in [4.69, 9.17) is 9.47 Å². The Morgan fingerprint density at radius 2 is 0.729 bits per heavy atom. The molecule has 0 radical (unpaired) electrons. The number of hydrogen-bond donors (Lipinski definition) is 1. The highest BCUT2D eigenvalue weighted by Gasteiger charge is 2.16. The van der Waals surface area contributed by atoms with Gasteiger partial charge in [0.05, 0.1) is 6.61 Å². The number of hydrogen-bond acceptors (Lipinski definition) is 5. The number of rotatable bonds is 47. The van der Waals surface area contributed by atoms with E-state index in [0.29, 0.717) is 12.8 Å². The van der Waals surface area contributed by atoms with E-state index in [-0.39, 0.29) is 25.2 Å². The van der Waals surface area contributed by atoms with Gasteiger partial charge in [0.1, 0.15) is 6.61 Å². The first-order valence-corrected chi connectivity index (χ1v) is 25.7. The van der Waals surface area contributed by atoms with Gasteiger partial charge in [0.2, 0.25) is 0 Å². The molecule has 0 aromatic carbocycles. The highest BCUT2D eigenvalue weighted by Crippen LogP contribution is 2.17. The highest BCUT2D eigenvalue weighted by atomic mass is 16.6. The van der Waals surface area contributed by atoms with Gasteiger partial charge in [-0.2, -0.15) is 0 Å². The van der Waals surface area contributed by atoms with Gasteiger partial charge in [0, 0.05) is 12.8 Å². The molecule has 0 amide bonds. The Hall–Kier alpha value is -2.14. The number of esters is 2. The van der Waals surface area contributed by atoms with Crippen LogP contribution in [0.5, 0.6) is 0 Å². The van der Waals surface area contributed by atoms with Crippen molar-refractivity contribution in [3.63, 3.8) is 0 Å². The molecule has 0 heterocycles. The first-order valence-electron chi connectivity index (χ1n) is 25.7. The molecule has 5 heteroatoms. The Kier molecular flexibility index (Phi) is 48.4. The zero-order valence-electron chi connectivity index (χ0n) is 39.3. The SMILES string of the molecule is CC/C=C\C/C=C\C/C=C\C/C=C\CCCCC(=O)OC(CO)COC(=O)CCCCCCCCCCCCCCCCCCCCCCCCCCCCCCCC. The third-order valence-corrected chi connectivity index (χ3v) is 11.4. The molecule has 0 aliphatic rings. The smallest absolute Gasteiger partial charge is 0.306 e. The molecule has 0 fully saturated rings. The van der Waals surface area contributed by atoms with Crippen molar-refractivity contribution in [2.24, 2.45) is 0 Å². The number of carbonyl (C=O) groups excluding carboxylic acids is 2. The summed E-state index contributed by atoms with van der Waals surface area (Å²) in [7, 11) is 0. The maximum Gasteiger partial charge on any atom is 0.306 e. The monoisotopic (exact) mass is 827 g/mol. The van der Waals surface area contributed by atoms with Gasteiger partial charge in [-0.3, -0.25) is 9.59 Å². The Morgan fingerprint density at radius 3 is 1.10 bits per heavy atom. The summed E-state index contributed by atoms with van der Waals surface area (Å²) >= 11 is 0. The molecule has 0 saturated carbocycles. The molecular weight excluding hydrogens is 729 g/mol. The molecule has 0 spiro atoms. The van der Waals surface area contributed by atoms with Crippen molar-refractivity contribution in [3.8, 4) is 0 Å². The van der Waals surface area contributed by atoms with Crippen LogP contribution in [0.25, 0.3) is 0 Å². The van der Waals surface area contributed by atoms with Crippen LogP contribution in [0.15, 0.2) is 48.6 Å². The van der Waals surface area contributed by atoms with Gasteiger partial charge in [-0.15, -0.1) is 0 Å². The van der Waals surface area contributed by atoms with Crippen LogP contribution in [-0.4, -0.2) is 36.4 Å². The van der Waals surface area contributed by atoms with Crippen molar-refractivity contribution in [1.82, 2.24) is 0 Å². The molecule has 0 aliphatic carbocycles. The summed E-state index contributed by atoms with van der Waals surface area (Å²) in [5.41, 5.74) is 0. The van der Waals surface area contributed by atoms with Crippen LogP contribution in [0, 0.1) is 0 Å². The van der Waals surface area contributed by atoms with Gasteiger partial charge >= 0.3 is 11.9 Å².